The fourth-order valence-corrected chi connectivity index (χ4v) is 2.77. The van der Waals surface area contributed by atoms with Crippen molar-refractivity contribution in [1.29, 1.82) is 0 Å². The largest absolute Gasteiger partial charge is 0.349 e. The lowest BCUT2D eigenvalue weighted by molar-refractivity contribution is -0.125. The van der Waals surface area contributed by atoms with E-state index in [0.29, 0.717) is 18.2 Å². The topological polar surface area (TPSA) is 49.4 Å². The molecule has 0 atom stereocenters. The second-order valence-electron chi connectivity index (χ2n) is 7.07. The summed E-state index contributed by atoms with van der Waals surface area (Å²) in [5.74, 6) is -0.0805. The van der Waals surface area contributed by atoms with Crippen molar-refractivity contribution in [2.24, 2.45) is 0 Å². The van der Waals surface area contributed by atoms with E-state index in [1.54, 1.807) is 36.2 Å². The molecule has 0 heterocycles. The number of amides is 2. The van der Waals surface area contributed by atoms with E-state index in [1.165, 1.54) is 5.56 Å². The van der Waals surface area contributed by atoms with Gasteiger partial charge in [0.25, 0.3) is 5.91 Å². The first-order chi connectivity index (χ1) is 13.0. The lowest BCUT2D eigenvalue weighted by Gasteiger charge is -2.15. The third-order valence-electron chi connectivity index (χ3n) is 4.73. The molecule has 2 aromatic rings. The Bertz CT molecular complexity index is 818. The molecule has 1 N–H and O–H groups in total. The second-order valence-corrected chi connectivity index (χ2v) is 7.07. The SMILES string of the molecule is CCc1ccc(CN(C)C(=O)/C=C/c2ccc(C(=O)NC3CC3)cc2)cc1. The van der Waals surface area contributed by atoms with E-state index < -0.39 is 0 Å². The molecule has 1 saturated carbocycles. The average Bonchev–Trinajstić information content (AvgIpc) is 3.51. The number of benzene rings is 2. The number of hydrogen-bond acceptors (Lipinski definition) is 2. The molecule has 4 heteroatoms. The first-order valence-electron chi connectivity index (χ1n) is 9.47. The molecule has 3 rings (SSSR count). The number of carbonyl (C=O) groups excluding carboxylic acids is 2. The van der Waals surface area contributed by atoms with Crippen molar-refractivity contribution < 1.29 is 9.59 Å². The third-order valence-corrected chi connectivity index (χ3v) is 4.73. The first-order valence-corrected chi connectivity index (χ1v) is 9.47. The zero-order valence-electron chi connectivity index (χ0n) is 15.9. The zero-order chi connectivity index (χ0) is 19.2. The van der Waals surface area contributed by atoms with Crippen molar-refractivity contribution in [3.63, 3.8) is 0 Å². The van der Waals surface area contributed by atoms with Crippen molar-refractivity contribution in [2.75, 3.05) is 7.05 Å². The molecular weight excluding hydrogens is 336 g/mol. The minimum atomic E-state index is -0.0508. The summed E-state index contributed by atoms with van der Waals surface area (Å²) in [5, 5.41) is 2.97. The monoisotopic (exact) mass is 362 g/mol. The van der Waals surface area contributed by atoms with Crippen LogP contribution in [0.5, 0.6) is 0 Å². The molecule has 2 amide bonds. The summed E-state index contributed by atoms with van der Waals surface area (Å²) in [6, 6.07) is 16.0. The number of nitrogens with one attached hydrogen (secondary N) is 1. The van der Waals surface area contributed by atoms with Gasteiger partial charge in [0.1, 0.15) is 0 Å². The van der Waals surface area contributed by atoms with Crippen molar-refractivity contribution in [2.45, 2.75) is 38.8 Å². The van der Waals surface area contributed by atoms with Gasteiger partial charge in [-0.15, -0.1) is 0 Å². The molecule has 0 unspecified atom stereocenters. The van der Waals surface area contributed by atoms with E-state index in [1.807, 2.05) is 12.1 Å². The summed E-state index contributed by atoms with van der Waals surface area (Å²) in [7, 11) is 1.80. The van der Waals surface area contributed by atoms with Crippen LogP contribution in [0.25, 0.3) is 6.08 Å². The van der Waals surface area contributed by atoms with Crippen LogP contribution < -0.4 is 5.32 Å². The van der Waals surface area contributed by atoms with Gasteiger partial charge in [-0.3, -0.25) is 9.59 Å². The molecule has 4 nitrogen and oxygen atoms in total. The van der Waals surface area contributed by atoms with Crippen LogP contribution in [-0.4, -0.2) is 29.8 Å². The molecule has 1 fully saturated rings. The Morgan fingerprint density at radius 1 is 1.04 bits per heavy atom. The molecule has 0 bridgehead atoms. The van der Waals surface area contributed by atoms with E-state index >= 15 is 0 Å². The fraction of sp³-hybridized carbons (Fsp3) is 0.304. The highest BCUT2D eigenvalue weighted by Gasteiger charge is 2.23. The van der Waals surface area contributed by atoms with Crippen LogP contribution in [0.1, 0.15) is 46.8 Å². The van der Waals surface area contributed by atoms with Crippen molar-refractivity contribution >= 4 is 17.9 Å². The number of rotatable bonds is 7. The highest BCUT2D eigenvalue weighted by atomic mass is 16.2. The zero-order valence-corrected chi connectivity index (χ0v) is 15.9. The lowest BCUT2D eigenvalue weighted by Crippen LogP contribution is -2.25. The molecule has 0 spiro atoms. The summed E-state index contributed by atoms with van der Waals surface area (Å²) >= 11 is 0. The van der Waals surface area contributed by atoms with Crippen molar-refractivity contribution in [3.05, 3.63) is 76.9 Å². The van der Waals surface area contributed by atoms with Gasteiger partial charge in [0.15, 0.2) is 0 Å². The van der Waals surface area contributed by atoms with Crippen LogP contribution in [0.15, 0.2) is 54.6 Å². The summed E-state index contributed by atoms with van der Waals surface area (Å²) in [6.45, 7) is 2.70. The quantitative estimate of drug-likeness (QED) is 0.762. The number of carbonyl (C=O) groups is 2. The molecular formula is C23H26N2O2. The van der Waals surface area contributed by atoms with Crippen LogP contribution in [0, 0.1) is 0 Å². The molecule has 1 aliphatic carbocycles. The predicted molar refractivity (Wildman–Crippen MR) is 108 cm³/mol. The summed E-state index contributed by atoms with van der Waals surface area (Å²) in [4.78, 5) is 26.0. The smallest absolute Gasteiger partial charge is 0.251 e. The normalized spacial score (nSPS) is 13.6. The van der Waals surface area contributed by atoms with Gasteiger partial charge in [-0.25, -0.2) is 0 Å². The second kappa shape index (κ2) is 8.67. The Labute approximate surface area is 160 Å². The Balaban J connectivity index is 1.53. The van der Waals surface area contributed by atoms with Crippen LogP contribution in [0.2, 0.25) is 0 Å². The van der Waals surface area contributed by atoms with Gasteiger partial charge in [0.05, 0.1) is 0 Å². The third kappa shape index (κ3) is 5.55. The van der Waals surface area contributed by atoms with Crippen LogP contribution in [-0.2, 0) is 17.8 Å². The van der Waals surface area contributed by atoms with Crippen LogP contribution in [0.3, 0.4) is 0 Å². The van der Waals surface area contributed by atoms with Gasteiger partial charge in [0.2, 0.25) is 5.91 Å². The summed E-state index contributed by atoms with van der Waals surface area (Å²) < 4.78 is 0. The lowest BCUT2D eigenvalue weighted by atomic mass is 10.1. The minimum absolute atomic E-state index is 0.0297. The number of hydrogen-bond donors (Lipinski definition) is 1. The number of likely N-dealkylation sites (N-methyl/N-ethyl adjacent to an activating group) is 1. The molecule has 0 saturated heterocycles. The molecule has 2 aromatic carbocycles. The van der Waals surface area contributed by atoms with Gasteiger partial charge in [-0.2, -0.15) is 0 Å². The van der Waals surface area contributed by atoms with Crippen molar-refractivity contribution in [3.8, 4) is 0 Å². The highest BCUT2D eigenvalue weighted by molar-refractivity contribution is 5.95. The van der Waals surface area contributed by atoms with Gasteiger partial charge < -0.3 is 10.2 Å². The Kier molecular flexibility index (Phi) is 6.07. The maximum atomic E-state index is 12.3. The molecule has 1 aliphatic rings. The van der Waals surface area contributed by atoms with Gasteiger partial charge in [-0.05, 0) is 54.2 Å². The van der Waals surface area contributed by atoms with E-state index in [-0.39, 0.29) is 11.8 Å². The maximum absolute atomic E-state index is 12.3. The van der Waals surface area contributed by atoms with Crippen LogP contribution >= 0.6 is 0 Å². The molecule has 27 heavy (non-hydrogen) atoms. The van der Waals surface area contributed by atoms with Crippen molar-refractivity contribution in [1.82, 2.24) is 10.2 Å². The molecule has 0 aromatic heterocycles. The Hall–Kier alpha value is -2.88. The maximum Gasteiger partial charge on any atom is 0.251 e. The summed E-state index contributed by atoms with van der Waals surface area (Å²) in [6.07, 6.45) is 6.51. The van der Waals surface area contributed by atoms with E-state index in [0.717, 1.165) is 30.4 Å². The molecule has 0 aliphatic heterocycles. The Morgan fingerprint density at radius 2 is 1.67 bits per heavy atom. The van der Waals surface area contributed by atoms with Gasteiger partial charge >= 0.3 is 0 Å². The number of aryl methyl sites for hydroxylation is 1. The minimum Gasteiger partial charge on any atom is -0.349 e. The van der Waals surface area contributed by atoms with Gasteiger partial charge in [-0.1, -0.05) is 43.3 Å². The van der Waals surface area contributed by atoms with Gasteiger partial charge in [0, 0.05) is 31.3 Å². The molecule has 140 valence electrons. The van der Waals surface area contributed by atoms with E-state index in [4.69, 9.17) is 0 Å². The fourth-order valence-electron chi connectivity index (χ4n) is 2.77. The standard InChI is InChI=1S/C23H26N2O2/c1-3-17-4-6-19(7-5-17)16-25(2)22(26)15-10-18-8-11-20(12-9-18)23(27)24-21-13-14-21/h4-12,15,21H,3,13-14,16H2,1-2H3,(H,24,27)/b15-10+. The average molecular weight is 362 g/mol. The first kappa shape index (κ1) is 18.9. The summed E-state index contributed by atoms with van der Waals surface area (Å²) in [5.41, 5.74) is 3.95. The highest BCUT2D eigenvalue weighted by Crippen LogP contribution is 2.19. The number of nitrogens with zero attached hydrogens (tertiary/aromatic N) is 1. The predicted octanol–water partition coefficient (Wildman–Crippen LogP) is 3.81. The van der Waals surface area contributed by atoms with E-state index in [2.05, 4.69) is 36.5 Å². The Morgan fingerprint density at radius 3 is 2.26 bits per heavy atom. The molecule has 0 radical (unpaired) electrons. The van der Waals surface area contributed by atoms with Crippen LogP contribution in [0.4, 0.5) is 0 Å². The van der Waals surface area contributed by atoms with E-state index in [9.17, 15) is 9.59 Å².